The van der Waals surface area contributed by atoms with Crippen LogP contribution in [0.15, 0.2) is 53.4 Å². The molecule has 5 nitrogen and oxygen atoms in total. The topological polar surface area (TPSA) is 67.4 Å². The van der Waals surface area contributed by atoms with Crippen LogP contribution < -0.4 is 15.4 Å². The Morgan fingerprint density at radius 3 is 2.66 bits per heavy atom. The molecule has 1 saturated carbocycles. The number of benzene rings is 2. The standard InChI is InChI=1S/C23H28N2O3S/c1-28-19-11-7-10-18(14-19)25-23(27)20-12-5-6-13-21(20)29-16-22(26)24-15-17-8-3-2-4-9-17/h5-7,10-14,17H,2-4,8-9,15-16H2,1H3,(H,24,26)(H,25,27). The summed E-state index contributed by atoms with van der Waals surface area (Å²) >= 11 is 1.39. The summed E-state index contributed by atoms with van der Waals surface area (Å²) < 4.78 is 5.20. The van der Waals surface area contributed by atoms with Crippen LogP contribution >= 0.6 is 11.8 Å². The predicted molar refractivity (Wildman–Crippen MR) is 118 cm³/mol. The van der Waals surface area contributed by atoms with Crippen molar-refractivity contribution < 1.29 is 14.3 Å². The third-order valence-electron chi connectivity index (χ3n) is 5.13. The van der Waals surface area contributed by atoms with Gasteiger partial charge in [-0.25, -0.2) is 0 Å². The van der Waals surface area contributed by atoms with Gasteiger partial charge in [0.1, 0.15) is 5.75 Å². The van der Waals surface area contributed by atoms with Crippen LogP contribution in [0.1, 0.15) is 42.5 Å². The van der Waals surface area contributed by atoms with Crippen LogP contribution in [0, 0.1) is 5.92 Å². The summed E-state index contributed by atoms with van der Waals surface area (Å²) in [6, 6.07) is 14.6. The Kier molecular flexibility index (Phi) is 7.99. The number of thioether (sulfide) groups is 1. The van der Waals surface area contributed by atoms with E-state index in [2.05, 4.69) is 10.6 Å². The number of hydrogen-bond donors (Lipinski definition) is 2. The SMILES string of the molecule is COc1cccc(NC(=O)c2ccccc2SCC(=O)NCC2CCCCC2)c1. The molecule has 29 heavy (non-hydrogen) atoms. The van der Waals surface area contributed by atoms with Crippen molar-refractivity contribution in [3.63, 3.8) is 0 Å². The van der Waals surface area contributed by atoms with E-state index in [1.807, 2.05) is 36.4 Å². The van der Waals surface area contributed by atoms with Gasteiger partial charge in [-0.15, -0.1) is 11.8 Å². The summed E-state index contributed by atoms with van der Waals surface area (Å²) in [4.78, 5) is 25.8. The van der Waals surface area contributed by atoms with E-state index < -0.39 is 0 Å². The first-order valence-corrected chi connectivity index (χ1v) is 11.1. The highest BCUT2D eigenvalue weighted by atomic mass is 32.2. The van der Waals surface area contributed by atoms with Gasteiger partial charge in [0.15, 0.2) is 0 Å². The zero-order valence-electron chi connectivity index (χ0n) is 16.8. The van der Waals surface area contributed by atoms with Crippen molar-refractivity contribution in [2.24, 2.45) is 5.92 Å². The zero-order valence-corrected chi connectivity index (χ0v) is 17.6. The molecule has 1 aliphatic carbocycles. The maximum Gasteiger partial charge on any atom is 0.256 e. The van der Waals surface area contributed by atoms with Crippen LogP contribution in [-0.4, -0.2) is 31.2 Å². The van der Waals surface area contributed by atoms with Gasteiger partial charge in [0.25, 0.3) is 5.91 Å². The summed E-state index contributed by atoms with van der Waals surface area (Å²) in [5.74, 6) is 1.40. The molecular weight excluding hydrogens is 384 g/mol. The Labute approximate surface area is 176 Å². The lowest BCUT2D eigenvalue weighted by atomic mass is 9.89. The number of hydrogen-bond acceptors (Lipinski definition) is 4. The number of carbonyl (C=O) groups excluding carboxylic acids is 2. The van der Waals surface area contributed by atoms with Gasteiger partial charge in [-0.05, 0) is 43.0 Å². The summed E-state index contributed by atoms with van der Waals surface area (Å²) in [6.07, 6.45) is 6.27. The average molecular weight is 413 g/mol. The van der Waals surface area contributed by atoms with Gasteiger partial charge < -0.3 is 15.4 Å². The van der Waals surface area contributed by atoms with E-state index in [1.54, 1.807) is 19.2 Å². The number of anilines is 1. The quantitative estimate of drug-likeness (QED) is 0.615. The fourth-order valence-electron chi connectivity index (χ4n) is 3.52. The van der Waals surface area contributed by atoms with Gasteiger partial charge in [0, 0.05) is 23.2 Å². The van der Waals surface area contributed by atoms with Gasteiger partial charge >= 0.3 is 0 Å². The van der Waals surface area contributed by atoms with Crippen LogP contribution in [0.4, 0.5) is 5.69 Å². The van der Waals surface area contributed by atoms with Crippen molar-refractivity contribution >= 4 is 29.3 Å². The Morgan fingerprint density at radius 1 is 1.07 bits per heavy atom. The maximum atomic E-state index is 12.7. The van der Waals surface area contributed by atoms with Crippen LogP contribution in [-0.2, 0) is 4.79 Å². The second-order valence-corrected chi connectivity index (χ2v) is 8.30. The molecular formula is C23H28N2O3S. The monoisotopic (exact) mass is 412 g/mol. The molecule has 2 amide bonds. The molecule has 0 saturated heterocycles. The van der Waals surface area contributed by atoms with E-state index in [1.165, 1.54) is 43.9 Å². The van der Waals surface area contributed by atoms with Crippen LogP contribution in [0.25, 0.3) is 0 Å². The van der Waals surface area contributed by atoms with Gasteiger partial charge in [0.05, 0.1) is 18.4 Å². The molecule has 2 aromatic rings. The molecule has 0 aliphatic heterocycles. The molecule has 3 rings (SSSR count). The van der Waals surface area contributed by atoms with Crippen molar-refractivity contribution in [1.29, 1.82) is 0 Å². The molecule has 0 heterocycles. The van der Waals surface area contributed by atoms with Crippen molar-refractivity contribution in [3.8, 4) is 5.75 Å². The zero-order chi connectivity index (χ0) is 20.5. The fraction of sp³-hybridized carbons (Fsp3) is 0.391. The summed E-state index contributed by atoms with van der Waals surface area (Å²) in [5, 5.41) is 5.95. The summed E-state index contributed by atoms with van der Waals surface area (Å²) in [5.41, 5.74) is 1.22. The minimum atomic E-state index is -0.205. The molecule has 0 spiro atoms. The second kappa shape index (κ2) is 10.9. The predicted octanol–water partition coefficient (Wildman–Crippen LogP) is 4.74. The molecule has 6 heteroatoms. The molecule has 154 valence electrons. The number of carbonyl (C=O) groups is 2. The molecule has 0 unspecified atom stereocenters. The van der Waals surface area contributed by atoms with Crippen molar-refractivity contribution in [2.75, 3.05) is 24.7 Å². The normalized spacial score (nSPS) is 14.2. The number of rotatable bonds is 8. The van der Waals surface area contributed by atoms with Gasteiger partial charge in [-0.2, -0.15) is 0 Å². The number of nitrogens with one attached hydrogen (secondary N) is 2. The fourth-order valence-corrected chi connectivity index (χ4v) is 4.40. The maximum absolute atomic E-state index is 12.7. The van der Waals surface area contributed by atoms with Crippen molar-refractivity contribution in [1.82, 2.24) is 5.32 Å². The Bertz CT molecular complexity index is 834. The van der Waals surface area contributed by atoms with E-state index in [-0.39, 0.29) is 11.8 Å². The van der Waals surface area contributed by atoms with Crippen LogP contribution in [0.2, 0.25) is 0 Å². The van der Waals surface area contributed by atoms with Crippen molar-refractivity contribution in [2.45, 2.75) is 37.0 Å². The lowest BCUT2D eigenvalue weighted by molar-refractivity contribution is -0.118. The van der Waals surface area contributed by atoms with Gasteiger partial charge in [-0.1, -0.05) is 37.5 Å². The highest BCUT2D eigenvalue weighted by Crippen LogP contribution is 2.25. The molecule has 0 atom stereocenters. The van der Waals surface area contributed by atoms with Crippen molar-refractivity contribution in [3.05, 3.63) is 54.1 Å². The summed E-state index contributed by atoms with van der Waals surface area (Å²) in [7, 11) is 1.59. The molecule has 0 aromatic heterocycles. The lowest BCUT2D eigenvalue weighted by Gasteiger charge is -2.21. The molecule has 0 radical (unpaired) electrons. The Balaban J connectivity index is 1.55. The van der Waals surface area contributed by atoms with E-state index in [4.69, 9.17) is 4.74 Å². The molecule has 2 aromatic carbocycles. The minimum absolute atomic E-state index is 0.0172. The third kappa shape index (κ3) is 6.53. The molecule has 1 fully saturated rings. The first-order valence-electron chi connectivity index (χ1n) is 10.1. The van der Waals surface area contributed by atoms with E-state index in [0.29, 0.717) is 28.7 Å². The lowest BCUT2D eigenvalue weighted by Crippen LogP contribution is -2.31. The Hall–Kier alpha value is -2.47. The molecule has 1 aliphatic rings. The first kappa shape index (κ1) is 21.2. The number of ether oxygens (including phenoxy) is 1. The molecule has 0 bridgehead atoms. The van der Waals surface area contributed by atoms with Crippen LogP contribution in [0.5, 0.6) is 5.75 Å². The van der Waals surface area contributed by atoms with E-state index in [9.17, 15) is 9.59 Å². The van der Waals surface area contributed by atoms with Gasteiger partial charge in [-0.3, -0.25) is 9.59 Å². The average Bonchev–Trinajstić information content (AvgIpc) is 2.77. The number of amides is 2. The smallest absolute Gasteiger partial charge is 0.256 e. The van der Waals surface area contributed by atoms with E-state index >= 15 is 0 Å². The van der Waals surface area contributed by atoms with Crippen LogP contribution in [0.3, 0.4) is 0 Å². The minimum Gasteiger partial charge on any atom is -0.497 e. The first-order chi connectivity index (χ1) is 14.2. The Morgan fingerprint density at radius 2 is 1.86 bits per heavy atom. The highest BCUT2D eigenvalue weighted by Gasteiger charge is 2.16. The van der Waals surface area contributed by atoms with Gasteiger partial charge in [0.2, 0.25) is 5.91 Å². The second-order valence-electron chi connectivity index (χ2n) is 7.28. The highest BCUT2D eigenvalue weighted by molar-refractivity contribution is 8.00. The van der Waals surface area contributed by atoms with E-state index in [0.717, 1.165) is 11.4 Å². The number of methoxy groups -OCH3 is 1. The largest absolute Gasteiger partial charge is 0.497 e. The summed E-state index contributed by atoms with van der Waals surface area (Å²) in [6.45, 7) is 0.761. The molecule has 2 N–H and O–H groups in total. The third-order valence-corrected chi connectivity index (χ3v) is 6.20.